The first-order valence-electron chi connectivity index (χ1n) is 13.3. The molecule has 4 unspecified atom stereocenters. The molecule has 2 aromatic heterocycles. The van der Waals surface area contributed by atoms with Crippen molar-refractivity contribution < 1.29 is 13.9 Å². The Labute approximate surface area is 207 Å². The lowest BCUT2D eigenvalue weighted by Crippen LogP contribution is -2.40. The summed E-state index contributed by atoms with van der Waals surface area (Å²) in [5, 5.41) is 11.2. The molecule has 8 nitrogen and oxygen atoms in total. The fourth-order valence-electron chi connectivity index (χ4n) is 5.45. The van der Waals surface area contributed by atoms with Crippen LogP contribution in [0, 0.1) is 11.8 Å². The zero-order valence-electron chi connectivity index (χ0n) is 21.6. The Balaban J connectivity index is 1.67. The van der Waals surface area contributed by atoms with E-state index in [4.69, 9.17) is 19.8 Å². The van der Waals surface area contributed by atoms with E-state index >= 15 is 4.39 Å². The summed E-state index contributed by atoms with van der Waals surface area (Å²) in [4.78, 5) is 22.2. The van der Waals surface area contributed by atoms with Crippen molar-refractivity contribution in [3.05, 3.63) is 23.3 Å². The number of carbonyl (C=O) groups is 1. The fraction of sp³-hybridized carbons (Fsp3) is 0.769. The fourth-order valence-corrected chi connectivity index (χ4v) is 5.45. The van der Waals surface area contributed by atoms with Crippen LogP contribution in [0.5, 0.6) is 0 Å². The van der Waals surface area contributed by atoms with E-state index in [-0.39, 0.29) is 24.5 Å². The maximum absolute atomic E-state index is 15.6. The molecule has 1 amide bonds. The van der Waals surface area contributed by atoms with Crippen molar-refractivity contribution in [3.8, 4) is 0 Å². The van der Waals surface area contributed by atoms with Crippen LogP contribution in [-0.4, -0.2) is 58.0 Å². The molecule has 0 aromatic carbocycles. The Kier molecular flexibility index (Phi) is 8.37. The van der Waals surface area contributed by atoms with Crippen molar-refractivity contribution in [2.45, 2.75) is 89.8 Å². The minimum atomic E-state index is -1.45. The van der Waals surface area contributed by atoms with Crippen molar-refractivity contribution in [2.75, 3.05) is 26.8 Å². The molecule has 2 aliphatic heterocycles. The number of piperidine rings is 1. The van der Waals surface area contributed by atoms with Gasteiger partial charge in [0.1, 0.15) is 5.67 Å². The molecule has 0 spiro atoms. The maximum Gasteiger partial charge on any atom is 0.251 e. The zero-order chi connectivity index (χ0) is 25.0. The molecule has 2 N–H and O–H groups in total. The summed E-state index contributed by atoms with van der Waals surface area (Å²) < 4.78 is 23.0. The molecule has 4 heterocycles. The minimum Gasteiger partial charge on any atom is -0.381 e. The molecule has 2 saturated heterocycles. The Bertz CT molecular complexity index is 1010. The molecule has 0 saturated carbocycles. The summed E-state index contributed by atoms with van der Waals surface area (Å²) in [5.41, 5.74) is 0.682. The lowest BCUT2D eigenvalue weighted by Gasteiger charge is -2.35. The van der Waals surface area contributed by atoms with Gasteiger partial charge in [0, 0.05) is 31.9 Å². The van der Waals surface area contributed by atoms with Gasteiger partial charge in [-0.2, -0.15) is 5.10 Å². The normalized spacial score (nSPS) is 27.1. The van der Waals surface area contributed by atoms with Crippen LogP contribution in [-0.2, 0) is 16.0 Å². The van der Waals surface area contributed by atoms with Gasteiger partial charge in [0.15, 0.2) is 0 Å². The molecule has 2 aliphatic rings. The van der Waals surface area contributed by atoms with Crippen molar-refractivity contribution in [3.63, 3.8) is 0 Å². The smallest absolute Gasteiger partial charge is 0.251 e. The molecule has 0 radical (unpaired) electrons. The van der Waals surface area contributed by atoms with Gasteiger partial charge in [0.2, 0.25) is 5.91 Å². The van der Waals surface area contributed by atoms with Gasteiger partial charge >= 0.3 is 0 Å². The molecule has 194 valence electrons. The number of halogens is 1. The minimum absolute atomic E-state index is 0.0368. The van der Waals surface area contributed by atoms with Gasteiger partial charge in [-0.25, -0.2) is 18.9 Å². The van der Waals surface area contributed by atoms with Crippen molar-refractivity contribution in [1.29, 1.82) is 0 Å². The Hall–Kier alpha value is -2.13. The number of fused-ring (bicyclic) bond motifs is 1. The third-order valence-corrected chi connectivity index (χ3v) is 7.78. The largest absolute Gasteiger partial charge is 0.381 e. The molecule has 2 aromatic rings. The van der Waals surface area contributed by atoms with E-state index in [1.807, 2.05) is 13.2 Å². The SMILES string of the molecule is CCC[C@@H](C)CCC(NC)c1cn2nc(CC3CCCNC3=O)c(C3COCCC3(C)F)nc2n1. The molecule has 0 bridgehead atoms. The number of amides is 1. The molecule has 2 fully saturated rings. The summed E-state index contributed by atoms with van der Waals surface area (Å²) in [6, 6.07) is 0.0956. The predicted molar refractivity (Wildman–Crippen MR) is 133 cm³/mol. The van der Waals surface area contributed by atoms with Gasteiger partial charge in [0.05, 0.1) is 41.8 Å². The second-order valence-electron chi connectivity index (χ2n) is 10.7. The van der Waals surface area contributed by atoms with Crippen LogP contribution in [0.15, 0.2) is 6.20 Å². The first-order chi connectivity index (χ1) is 16.8. The first-order valence-corrected chi connectivity index (χ1v) is 13.3. The number of imidazole rings is 1. The van der Waals surface area contributed by atoms with Crippen LogP contribution in [0.2, 0.25) is 0 Å². The van der Waals surface area contributed by atoms with Crippen LogP contribution in [0.1, 0.15) is 94.8 Å². The molecular weight excluding hydrogens is 447 g/mol. The number of hydrogen-bond acceptors (Lipinski definition) is 6. The second kappa shape index (κ2) is 11.3. The summed E-state index contributed by atoms with van der Waals surface area (Å²) in [5.74, 6) is 0.450. The van der Waals surface area contributed by atoms with Crippen LogP contribution in [0.25, 0.3) is 5.78 Å². The second-order valence-corrected chi connectivity index (χ2v) is 10.7. The Morgan fingerprint density at radius 3 is 2.89 bits per heavy atom. The lowest BCUT2D eigenvalue weighted by atomic mass is 9.82. The number of rotatable bonds is 10. The number of carbonyl (C=O) groups excluding carboxylic acids is 1. The Morgan fingerprint density at radius 1 is 1.34 bits per heavy atom. The van der Waals surface area contributed by atoms with Gasteiger partial charge in [-0.1, -0.05) is 26.7 Å². The van der Waals surface area contributed by atoms with Gasteiger partial charge < -0.3 is 15.4 Å². The standard InChI is InChI=1S/C26H41FN6O2/c1-5-7-17(2)9-10-20(28-4)22-15-33-25(30-22)31-23(19-16-35-13-11-26(19,3)27)21(32-33)14-18-8-6-12-29-24(18)34/h15,17-20,28H,5-14,16H2,1-4H3,(H,29,34)/t17-,18?,19?,20?,26?/m1/s1. The van der Waals surface area contributed by atoms with Gasteiger partial charge in [0.25, 0.3) is 5.78 Å². The predicted octanol–water partition coefficient (Wildman–Crippen LogP) is 3.90. The van der Waals surface area contributed by atoms with Crippen molar-refractivity contribution in [1.82, 2.24) is 30.2 Å². The molecule has 4 rings (SSSR count). The van der Waals surface area contributed by atoms with E-state index < -0.39 is 11.6 Å². The Morgan fingerprint density at radius 2 is 2.17 bits per heavy atom. The van der Waals surface area contributed by atoms with E-state index in [9.17, 15) is 4.79 Å². The average Bonchev–Trinajstić information content (AvgIpc) is 3.23. The van der Waals surface area contributed by atoms with Gasteiger partial charge in [-0.05, 0) is 45.6 Å². The number of nitrogens with one attached hydrogen (secondary N) is 2. The number of alkyl halides is 1. The van der Waals surface area contributed by atoms with Gasteiger partial charge in [-0.15, -0.1) is 0 Å². The molecule has 5 atom stereocenters. The highest BCUT2D eigenvalue weighted by Gasteiger charge is 2.42. The number of hydrogen-bond donors (Lipinski definition) is 2. The summed E-state index contributed by atoms with van der Waals surface area (Å²) in [6.45, 7) is 7.49. The van der Waals surface area contributed by atoms with Gasteiger partial charge in [-0.3, -0.25) is 4.79 Å². The number of aromatic nitrogens is 4. The maximum atomic E-state index is 15.6. The number of nitrogens with zero attached hydrogens (tertiary/aromatic N) is 4. The van der Waals surface area contributed by atoms with Crippen LogP contribution in [0.3, 0.4) is 0 Å². The van der Waals surface area contributed by atoms with E-state index in [0.29, 0.717) is 49.1 Å². The highest BCUT2D eigenvalue weighted by Crippen LogP contribution is 2.39. The quantitative estimate of drug-likeness (QED) is 0.527. The highest BCUT2D eigenvalue weighted by molar-refractivity contribution is 5.79. The monoisotopic (exact) mass is 488 g/mol. The molecule has 0 aliphatic carbocycles. The third kappa shape index (κ3) is 6.00. The van der Waals surface area contributed by atoms with Crippen LogP contribution in [0.4, 0.5) is 4.39 Å². The molecule has 35 heavy (non-hydrogen) atoms. The first kappa shape index (κ1) is 25.9. The topological polar surface area (TPSA) is 93.4 Å². The van der Waals surface area contributed by atoms with E-state index in [2.05, 4.69) is 24.5 Å². The highest BCUT2D eigenvalue weighted by atomic mass is 19.1. The van der Waals surface area contributed by atoms with Crippen LogP contribution >= 0.6 is 0 Å². The van der Waals surface area contributed by atoms with Crippen LogP contribution < -0.4 is 10.6 Å². The van der Waals surface area contributed by atoms with Crippen molar-refractivity contribution in [2.24, 2.45) is 11.8 Å². The number of ether oxygens (including phenoxy) is 1. The zero-order valence-corrected chi connectivity index (χ0v) is 21.6. The van der Waals surface area contributed by atoms with E-state index in [1.54, 1.807) is 11.4 Å². The third-order valence-electron chi connectivity index (χ3n) is 7.78. The summed E-state index contributed by atoms with van der Waals surface area (Å²) >= 11 is 0. The lowest BCUT2D eigenvalue weighted by molar-refractivity contribution is -0.126. The van der Waals surface area contributed by atoms with Crippen molar-refractivity contribution >= 4 is 11.7 Å². The molecular formula is C26H41FN6O2. The van der Waals surface area contributed by atoms with E-state index in [1.165, 1.54) is 12.8 Å². The summed E-state index contributed by atoms with van der Waals surface area (Å²) in [6.07, 6.45) is 8.90. The van der Waals surface area contributed by atoms with E-state index in [0.717, 1.165) is 31.4 Å². The average molecular weight is 489 g/mol. The molecule has 9 heteroatoms. The summed E-state index contributed by atoms with van der Waals surface area (Å²) in [7, 11) is 1.95.